The van der Waals surface area contributed by atoms with E-state index in [4.69, 9.17) is 21.6 Å². The molecule has 7 nitrogen and oxygen atoms in total. The van der Waals surface area contributed by atoms with Crippen LogP contribution in [0.1, 0.15) is 25.3 Å². The fourth-order valence-corrected chi connectivity index (χ4v) is 5.30. The highest BCUT2D eigenvalue weighted by atomic mass is 35.5. The number of piperidine rings is 1. The number of carbonyl (C=O) groups is 1. The number of ether oxygens (including phenoxy) is 1. The van der Waals surface area contributed by atoms with Crippen LogP contribution in [0.5, 0.6) is 5.75 Å². The zero-order valence-electron chi connectivity index (χ0n) is 16.5. The van der Waals surface area contributed by atoms with Crippen LogP contribution in [0.25, 0.3) is 0 Å². The molecule has 3 rings (SSSR count). The van der Waals surface area contributed by atoms with Crippen molar-refractivity contribution in [3.63, 3.8) is 0 Å². The molecule has 1 fully saturated rings. The molecule has 0 aliphatic carbocycles. The summed E-state index contributed by atoms with van der Waals surface area (Å²) in [6, 6.07) is 13.1. The van der Waals surface area contributed by atoms with Crippen molar-refractivity contribution in [1.82, 2.24) is 4.31 Å². The fourth-order valence-electron chi connectivity index (χ4n) is 3.38. The monoisotopic (exact) mass is 447 g/mol. The summed E-state index contributed by atoms with van der Waals surface area (Å²) in [5.41, 5.74) is 0.942. The van der Waals surface area contributed by atoms with Gasteiger partial charge in [-0.2, -0.15) is 9.57 Å². The Labute approximate surface area is 181 Å². The van der Waals surface area contributed by atoms with Gasteiger partial charge in [-0.1, -0.05) is 17.7 Å². The molecule has 1 atom stereocenters. The van der Waals surface area contributed by atoms with Crippen molar-refractivity contribution in [3.05, 3.63) is 53.1 Å². The molecule has 1 amide bonds. The highest BCUT2D eigenvalue weighted by Crippen LogP contribution is 2.32. The van der Waals surface area contributed by atoms with Gasteiger partial charge in [-0.05, 0) is 56.2 Å². The molecule has 0 unspecified atom stereocenters. The van der Waals surface area contributed by atoms with Crippen LogP contribution in [0.2, 0.25) is 5.02 Å². The summed E-state index contributed by atoms with van der Waals surface area (Å²) < 4.78 is 33.3. The number of carbonyl (C=O) groups excluding carboxylic acids is 1. The van der Waals surface area contributed by atoms with Gasteiger partial charge in [0.25, 0.3) is 0 Å². The largest absolute Gasteiger partial charge is 0.492 e. The lowest BCUT2D eigenvalue weighted by Gasteiger charge is -2.31. The zero-order valence-corrected chi connectivity index (χ0v) is 18.0. The number of amides is 1. The van der Waals surface area contributed by atoms with Crippen molar-refractivity contribution in [1.29, 1.82) is 5.26 Å². The van der Waals surface area contributed by atoms with Gasteiger partial charge in [-0.3, -0.25) is 4.79 Å². The van der Waals surface area contributed by atoms with E-state index < -0.39 is 15.9 Å². The minimum atomic E-state index is -3.89. The van der Waals surface area contributed by atoms with E-state index in [9.17, 15) is 13.2 Å². The predicted molar refractivity (Wildman–Crippen MR) is 114 cm³/mol. The van der Waals surface area contributed by atoms with Gasteiger partial charge in [-0.15, -0.1) is 0 Å². The summed E-state index contributed by atoms with van der Waals surface area (Å²) in [5, 5.41) is 12.1. The number of benzene rings is 2. The number of hydrogen-bond donors (Lipinski definition) is 1. The summed E-state index contributed by atoms with van der Waals surface area (Å²) in [5.74, 6) is -0.545. The Morgan fingerprint density at radius 3 is 2.87 bits per heavy atom. The quantitative estimate of drug-likeness (QED) is 0.728. The lowest BCUT2D eigenvalue weighted by molar-refractivity contribution is -0.120. The average molecular weight is 448 g/mol. The molecule has 0 aromatic heterocycles. The third-order valence-electron chi connectivity index (χ3n) is 4.84. The van der Waals surface area contributed by atoms with Gasteiger partial charge in [0.05, 0.1) is 24.2 Å². The SMILES string of the molecule is CCOc1ccc(Cl)cc1S(=O)(=O)N1CCC[C@@H](C(=O)Nc2cccc(C#N)c2)C1. The molecule has 2 aromatic carbocycles. The maximum absolute atomic E-state index is 13.3. The van der Waals surface area contributed by atoms with E-state index in [0.29, 0.717) is 42.3 Å². The second-order valence-corrected chi connectivity index (χ2v) is 9.25. The first-order chi connectivity index (χ1) is 14.3. The van der Waals surface area contributed by atoms with Gasteiger partial charge in [0, 0.05) is 23.8 Å². The highest BCUT2D eigenvalue weighted by Gasteiger charge is 2.35. The molecule has 1 saturated heterocycles. The maximum atomic E-state index is 13.3. The number of nitrogens with one attached hydrogen (secondary N) is 1. The molecule has 1 aliphatic rings. The van der Waals surface area contributed by atoms with Crippen LogP contribution in [0.4, 0.5) is 5.69 Å². The van der Waals surface area contributed by atoms with Crippen molar-refractivity contribution in [2.24, 2.45) is 5.92 Å². The molecular weight excluding hydrogens is 426 g/mol. The molecule has 0 bridgehead atoms. The predicted octanol–water partition coefficient (Wildman–Crippen LogP) is 3.65. The van der Waals surface area contributed by atoms with Gasteiger partial charge in [0.1, 0.15) is 10.6 Å². The molecule has 30 heavy (non-hydrogen) atoms. The number of hydrogen-bond acceptors (Lipinski definition) is 5. The molecule has 1 aliphatic heterocycles. The minimum absolute atomic E-state index is 0.000343. The third-order valence-corrected chi connectivity index (χ3v) is 6.96. The Balaban J connectivity index is 1.79. The summed E-state index contributed by atoms with van der Waals surface area (Å²) in [6.07, 6.45) is 1.13. The van der Waals surface area contributed by atoms with Gasteiger partial charge < -0.3 is 10.1 Å². The number of rotatable bonds is 6. The van der Waals surface area contributed by atoms with Crippen molar-refractivity contribution in [2.45, 2.75) is 24.7 Å². The Hall–Kier alpha value is -2.60. The number of anilines is 1. The van der Waals surface area contributed by atoms with E-state index in [1.165, 1.54) is 16.4 Å². The van der Waals surface area contributed by atoms with Gasteiger partial charge >= 0.3 is 0 Å². The number of halogens is 1. The maximum Gasteiger partial charge on any atom is 0.246 e. The van der Waals surface area contributed by atoms with Crippen molar-refractivity contribution in [2.75, 3.05) is 25.0 Å². The lowest BCUT2D eigenvalue weighted by Crippen LogP contribution is -2.43. The van der Waals surface area contributed by atoms with Crippen LogP contribution in [0.15, 0.2) is 47.4 Å². The average Bonchev–Trinajstić information content (AvgIpc) is 2.75. The van der Waals surface area contributed by atoms with Crippen LogP contribution in [0, 0.1) is 17.2 Å². The summed E-state index contributed by atoms with van der Waals surface area (Å²) in [4.78, 5) is 12.7. The first kappa shape index (κ1) is 22.1. The Morgan fingerprint density at radius 1 is 1.33 bits per heavy atom. The van der Waals surface area contributed by atoms with Crippen LogP contribution < -0.4 is 10.1 Å². The third kappa shape index (κ3) is 4.93. The highest BCUT2D eigenvalue weighted by molar-refractivity contribution is 7.89. The second-order valence-electron chi connectivity index (χ2n) is 6.91. The molecule has 9 heteroatoms. The first-order valence-corrected chi connectivity index (χ1v) is 11.4. The van der Waals surface area contributed by atoms with Crippen molar-refractivity contribution >= 4 is 33.2 Å². The number of sulfonamides is 1. The van der Waals surface area contributed by atoms with Gasteiger partial charge in [-0.25, -0.2) is 8.42 Å². The van der Waals surface area contributed by atoms with Crippen molar-refractivity contribution in [3.8, 4) is 11.8 Å². The number of nitrogens with zero attached hydrogens (tertiary/aromatic N) is 2. The summed E-state index contributed by atoms with van der Waals surface area (Å²) in [6.45, 7) is 2.46. The second kappa shape index (κ2) is 9.47. The molecule has 1 heterocycles. The van der Waals surface area contributed by atoms with Gasteiger partial charge in [0.15, 0.2) is 0 Å². The summed E-state index contributed by atoms with van der Waals surface area (Å²) in [7, 11) is -3.89. The van der Waals surface area contributed by atoms with Crippen molar-refractivity contribution < 1.29 is 17.9 Å². The lowest BCUT2D eigenvalue weighted by atomic mass is 9.98. The van der Waals surface area contributed by atoms with Crippen LogP contribution in [-0.2, 0) is 14.8 Å². The van der Waals surface area contributed by atoms with E-state index in [0.717, 1.165) is 0 Å². The van der Waals surface area contributed by atoms with E-state index in [2.05, 4.69) is 5.32 Å². The smallest absolute Gasteiger partial charge is 0.246 e. The molecule has 0 spiro atoms. The zero-order chi connectivity index (χ0) is 21.7. The molecule has 158 valence electrons. The first-order valence-electron chi connectivity index (χ1n) is 9.58. The van der Waals surface area contributed by atoms with Gasteiger partial charge in [0.2, 0.25) is 15.9 Å². The van der Waals surface area contributed by atoms with E-state index in [1.807, 2.05) is 6.07 Å². The topological polar surface area (TPSA) is 99.5 Å². The molecule has 0 saturated carbocycles. The fraction of sp³-hybridized carbons (Fsp3) is 0.333. The Kier molecular flexibility index (Phi) is 6.98. The normalized spacial score (nSPS) is 17.2. The molecule has 2 aromatic rings. The molecule has 1 N–H and O–H groups in total. The number of nitriles is 1. The molecule has 0 radical (unpaired) electrons. The van der Waals surface area contributed by atoms with E-state index in [-0.39, 0.29) is 23.1 Å². The van der Waals surface area contributed by atoms with Crippen LogP contribution >= 0.6 is 11.6 Å². The summed E-state index contributed by atoms with van der Waals surface area (Å²) >= 11 is 6.03. The van der Waals surface area contributed by atoms with Crippen LogP contribution in [-0.4, -0.2) is 38.3 Å². The van der Waals surface area contributed by atoms with E-state index in [1.54, 1.807) is 37.3 Å². The van der Waals surface area contributed by atoms with E-state index >= 15 is 0 Å². The Bertz CT molecular complexity index is 1080. The Morgan fingerprint density at radius 2 is 2.13 bits per heavy atom. The minimum Gasteiger partial charge on any atom is -0.492 e. The molecular formula is C21H22ClN3O4S. The van der Waals surface area contributed by atoms with Crippen LogP contribution in [0.3, 0.4) is 0 Å². The standard InChI is InChI=1S/C21H22ClN3O4S/c1-2-29-19-9-8-17(22)12-20(19)30(27,28)25-10-4-6-16(14-25)21(26)24-18-7-3-5-15(11-18)13-23/h3,5,7-9,11-12,16H,2,4,6,10,14H2,1H3,(H,24,26)/t16-/m1/s1.